The number of nitrogens with zero attached hydrogens (tertiary/aromatic N) is 4. The van der Waals surface area contributed by atoms with Gasteiger partial charge in [0, 0.05) is 25.7 Å². The Balaban J connectivity index is 1.46. The highest BCUT2D eigenvalue weighted by Crippen LogP contribution is 2.20. The lowest BCUT2D eigenvalue weighted by Gasteiger charge is -2.27. The van der Waals surface area contributed by atoms with Crippen LogP contribution in [0, 0.1) is 5.82 Å². The van der Waals surface area contributed by atoms with Gasteiger partial charge in [0.1, 0.15) is 11.6 Å². The third kappa shape index (κ3) is 3.66. The predicted octanol–water partition coefficient (Wildman–Crippen LogP) is 2.70. The van der Waals surface area contributed by atoms with E-state index in [9.17, 15) is 4.39 Å². The maximum absolute atomic E-state index is 13.0. The second-order valence-corrected chi connectivity index (χ2v) is 5.82. The van der Waals surface area contributed by atoms with Gasteiger partial charge in [-0.25, -0.2) is 9.37 Å². The van der Waals surface area contributed by atoms with Gasteiger partial charge in [-0.15, -0.1) is 0 Å². The highest BCUT2D eigenvalue weighted by Gasteiger charge is 2.14. The molecular formula is C18H17FN4O2. The molecule has 0 saturated carbocycles. The molecule has 128 valence electrons. The second kappa shape index (κ2) is 6.98. The molecule has 3 heterocycles. The molecule has 3 aromatic rings. The van der Waals surface area contributed by atoms with E-state index < -0.39 is 0 Å². The predicted molar refractivity (Wildman–Crippen MR) is 89.8 cm³/mol. The summed E-state index contributed by atoms with van der Waals surface area (Å²) in [6.07, 6.45) is 2.23. The van der Waals surface area contributed by atoms with Crippen molar-refractivity contribution in [1.82, 2.24) is 15.1 Å². The number of morpholine rings is 1. The first-order valence-corrected chi connectivity index (χ1v) is 8.14. The number of rotatable bonds is 4. The molecule has 1 aromatic carbocycles. The number of ether oxygens (including phenoxy) is 1. The molecule has 0 atom stereocenters. The molecule has 25 heavy (non-hydrogen) atoms. The third-order valence-electron chi connectivity index (χ3n) is 4.07. The Hall–Kier alpha value is -2.80. The van der Waals surface area contributed by atoms with Crippen LogP contribution in [0.25, 0.3) is 11.5 Å². The first-order chi connectivity index (χ1) is 12.3. The van der Waals surface area contributed by atoms with Crippen molar-refractivity contribution in [3.63, 3.8) is 0 Å². The first kappa shape index (κ1) is 15.7. The molecule has 7 heteroatoms. The average molecular weight is 340 g/mol. The second-order valence-electron chi connectivity index (χ2n) is 5.82. The smallest absolute Gasteiger partial charge is 0.259 e. The summed E-state index contributed by atoms with van der Waals surface area (Å²) in [4.78, 5) is 11.1. The van der Waals surface area contributed by atoms with Crippen molar-refractivity contribution in [2.45, 2.75) is 6.42 Å². The molecule has 1 fully saturated rings. The Morgan fingerprint density at radius 1 is 1.04 bits per heavy atom. The fourth-order valence-corrected chi connectivity index (χ4v) is 2.72. The minimum absolute atomic E-state index is 0.260. The van der Waals surface area contributed by atoms with Crippen LogP contribution in [0.4, 0.5) is 10.2 Å². The van der Waals surface area contributed by atoms with Crippen LogP contribution in [0.15, 0.2) is 47.1 Å². The van der Waals surface area contributed by atoms with Crippen LogP contribution >= 0.6 is 0 Å². The Kier molecular flexibility index (Phi) is 4.39. The zero-order chi connectivity index (χ0) is 17.1. The number of aromatic nitrogens is 3. The summed E-state index contributed by atoms with van der Waals surface area (Å²) in [6.45, 7) is 3.13. The largest absolute Gasteiger partial charge is 0.378 e. The standard InChI is InChI=1S/C18H17FN4O2/c19-15-4-1-13(2-5-15)11-16-21-18(25-22-16)14-3-6-17(20-12-14)23-7-9-24-10-8-23/h1-6,12H,7-11H2. The van der Waals surface area contributed by atoms with Gasteiger partial charge in [-0.1, -0.05) is 17.3 Å². The minimum Gasteiger partial charge on any atom is -0.378 e. The van der Waals surface area contributed by atoms with Gasteiger partial charge in [0.05, 0.1) is 18.8 Å². The number of hydrogen-bond acceptors (Lipinski definition) is 6. The molecule has 0 spiro atoms. The molecule has 4 rings (SSSR count). The van der Waals surface area contributed by atoms with Crippen molar-refractivity contribution >= 4 is 5.82 Å². The fourth-order valence-electron chi connectivity index (χ4n) is 2.72. The van der Waals surface area contributed by atoms with Crippen LogP contribution in [0.1, 0.15) is 11.4 Å². The summed E-state index contributed by atoms with van der Waals surface area (Å²) < 4.78 is 23.6. The molecule has 1 aliphatic heterocycles. The molecule has 0 unspecified atom stereocenters. The fraction of sp³-hybridized carbons (Fsp3) is 0.278. The Morgan fingerprint density at radius 2 is 1.84 bits per heavy atom. The number of halogens is 1. The molecule has 1 aliphatic rings. The van der Waals surface area contributed by atoms with Gasteiger partial charge in [0.25, 0.3) is 5.89 Å². The highest BCUT2D eigenvalue weighted by molar-refractivity contribution is 5.54. The number of anilines is 1. The summed E-state index contributed by atoms with van der Waals surface area (Å²) in [6, 6.07) is 10.1. The Morgan fingerprint density at radius 3 is 2.56 bits per heavy atom. The minimum atomic E-state index is -0.260. The van der Waals surface area contributed by atoms with Crippen molar-refractivity contribution < 1.29 is 13.7 Å². The van der Waals surface area contributed by atoms with E-state index >= 15 is 0 Å². The van der Waals surface area contributed by atoms with Gasteiger partial charge < -0.3 is 14.2 Å². The number of pyridine rings is 1. The maximum Gasteiger partial charge on any atom is 0.259 e. The van der Waals surface area contributed by atoms with Gasteiger partial charge in [-0.05, 0) is 29.8 Å². The van der Waals surface area contributed by atoms with E-state index in [0.717, 1.165) is 43.2 Å². The van der Waals surface area contributed by atoms with Crippen LogP contribution in [0.3, 0.4) is 0 Å². The van der Waals surface area contributed by atoms with E-state index in [-0.39, 0.29) is 5.82 Å². The lowest BCUT2D eigenvalue weighted by atomic mass is 10.1. The van der Waals surface area contributed by atoms with Crippen LogP contribution in [-0.2, 0) is 11.2 Å². The Labute approximate surface area is 144 Å². The summed E-state index contributed by atoms with van der Waals surface area (Å²) >= 11 is 0. The molecule has 1 saturated heterocycles. The van der Waals surface area contributed by atoms with Gasteiger partial charge >= 0.3 is 0 Å². The molecule has 0 bridgehead atoms. The van der Waals surface area contributed by atoms with E-state index in [1.165, 1.54) is 12.1 Å². The van der Waals surface area contributed by atoms with Crippen molar-refractivity contribution in [3.8, 4) is 11.5 Å². The maximum atomic E-state index is 13.0. The number of benzene rings is 1. The molecule has 2 aromatic heterocycles. The first-order valence-electron chi connectivity index (χ1n) is 8.14. The van der Waals surface area contributed by atoms with Crippen LogP contribution in [0.5, 0.6) is 0 Å². The monoisotopic (exact) mass is 340 g/mol. The zero-order valence-electron chi connectivity index (χ0n) is 13.6. The molecule has 0 amide bonds. The van der Waals surface area contributed by atoms with Gasteiger partial charge in [-0.2, -0.15) is 4.98 Å². The molecule has 6 nitrogen and oxygen atoms in total. The SMILES string of the molecule is Fc1ccc(Cc2noc(-c3ccc(N4CCOCC4)nc3)n2)cc1. The van der Waals surface area contributed by atoms with Gasteiger partial charge in [-0.3, -0.25) is 0 Å². The van der Waals surface area contributed by atoms with E-state index in [0.29, 0.717) is 18.1 Å². The quantitative estimate of drug-likeness (QED) is 0.728. The summed E-state index contributed by atoms with van der Waals surface area (Å²) in [5.74, 6) is 1.64. The summed E-state index contributed by atoms with van der Waals surface area (Å²) in [5, 5.41) is 3.99. The van der Waals surface area contributed by atoms with Gasteiger partial charge in [0.15, 0.2) is 5.82 Å². The average Bonchev–Trinajstić information content (AvgIpc) is 3.13. The lowest BCUT2D eigenvalue weighted by molar-refractivity contribution is 0.122. The van der Waals surface area contributed by atoms with Crippen LogP contribution < -0.4 is 4.90 Å². The molecular weight excluding hydrogens is 323 g/mol. The van der Waals surface area contributed by atoms with Gasteiger partial charge in [0.2, 0.25) is 0 Å². The van der Waals surface area contributed by atoms with Crippen molar-refractivity contribution in [2.24, 2.45) is 0 Å². The van der Waals surface area contributed by atoms with E-state index in [1.54, 1.807) is 18.3 Å². The molecule has 0 aliphatic carbocycles. The molecule has 0 radical (unpaired) electrons. The number of hydrogen-bond donors (Lipinski definition) is 0. The van der Waals surface area contributed by atoms with Crippen molar-refractivity contribution in [2.75, 3.05) is 31.2 Å². The lowest BCUT2D eigenvalue weighted by Crippen LogP contribution is -2.36. The topological polar surface area (TPSA) is 64.3 Å². The van der Waals surface area contributed by atoms with Crippen molar-refractivity contribution in [1.29, 1.82) is 0 Å². The highest BCUT2D eigenvalue weighted by atomic mass is 19.1. The normalized spacial score (nSPS) is 14.7. The van der Waals surface area contributed by atoms with Crippen LogP contribution in [0.2, 0.25) is 0 Å². The van der Waals surface area contributed by atoms with Crippen LogP contribution in [-0.4, -0.2) is 41.4 Å². The Bertz CT molecular complexity index is 827. The van der Waals surface area contributed by atoms with E-state index in [4.69, 9.17) is 9.26 Å². The summed E-state index contributed by atoms with van der Waals surface area (Å²) in [7, 11) is 0. The van der Waals surface area contributed by atoms with E-state index in [2.05, 4.69) is 20.0 Å². The van der Waals surface area contributed by atoms with E-state index in [1.807, 2.05) is 12.1 Å². The van der Waals surface area contributed by atoms with Crippen molar-refractivity contribution in [3.05, 3.63) is 59.8 Å². The molecule has 0 N–H and O–H groups in total. The zero-order valence-corrected chi connectivity index (χ0v) is 13.6. The summed E-state index contributed by atoms with van der Waals surface area (Å²) in [5.41, 5.74) is 1.70. The third-order valence-corrected chi connectivity index (χ3v) is 4.07.